The van der Waals surface area contributed by atoms with Crippen LogP contribution in [0.2, 0.25) is 0 Å². The molecule has 76 valence electrons. The Balaban J connectivity index is 1.83. The van der Waals surface area contributed by atoms with E-state index >= 15 is 0 Å². The molecule has 3 unspecified atom stereocenters. The van der Waals surface area contributed by atoms with Crippen molar-refractivity contribution < 1.29 is 5.11 Å². The van der Waals surface area contributed by atoms with Gasteiger partial charge in [-0.05, 0) is 38.8 Å². The number of nitrogens with zero attached hydrogens (tertiary/aromatic N) is 1. The van der Waals surface area contributed by atoms with Crippen molar-refractivity contribution in [3.05, 3.63) is 0 Å². The summed E-state index contributed by atoms with van der Waals surface area (Å²) in [5.41, 5.74) is 0. The van der Waals surface area contributed by atoms with Gasteiger partial charge in [0.2, 0.25) is 0 Å². The average molecular weight is 184 g/mol. The molecule has 0 aromatic carbocycles. The summed E-state index contributed by atoms with van der Waals surface area (Å²) in [4.78, 5) is 2.40. The van der Waals surface area contributed by atoms with Crippen molar-refractivity contribution in [3.63, 3.8) is 0 Å². The number of aliphatic hydroxyl groups excluding tert-OH is 1. The fourth-order valence-electron chi connectivity index (χ4n) is 2.66. The van der Waals surface area contributed by atoms with E-state index in [4.69, 9.17) is 0 Å². The predicted molar refractivity (Wildman–Crippen MR) is 52.6 cm³/mol. The molecule has 2 aliphatic rings. The van der Waals surface area contributed by atoms with Gasteiger partial charge >= 0.3 is 0 Å². The Kier molecular flexibility index (Phi) is 2.86. The van der Waals surface area contributed by atoms with Gasteiger partial charge < -0.3 is 15.3 Å². The Morgan fingerprint density at radius 3 is 3.15 bits per heavy atom. The van der Waals surface area contributed by atoms with Gasteiger partial charge in [0.15, 0.2) is 0 Å². The van der Waals surface area contributed by atoms with Crippen molar-refractivity contribution in [1.29, 1.82) is 0 Å². The van der Waals surface area contributed by atoms with Gasteiger partial charge in [-0.2, -0.15) is 0 Å². The number of hydrogen-bond acceptors (Lipinski definition) is 3. The lowest BCUT2D eigenvalue weighted by Gasteiger charge is -2.35. The van der Waals surface area contributed by atoms with Crippen LogP contribution >= 0.6 is 0 Å². The molecule has 3 nitrogen and oxygen atoms in total. The third-order valence-electron chi connectivity index (χ3n) is 3.26. The average Bonchev–Trinajstić information content (AvgIpc) is 2.49. The van der Waals surface area contributed by atoms with E-state index < -0.39 is 0 Å². The molecule has 2 rings (SSSR count). The van der Waals surface area contributed by atoms with Crippen LogP contribution in [0, 0.1) is 5.92 Å². The molecule has 3 atom stereocenters. The molecule has 0 aromatic heterocycles. The van der Waals surface area contributed by atoms with Gasteiger partial charge in [0.05, 0.1) is 6.10 Å². The summed E-state index contributed by atoms with van der Waals surface area (Å²) in [6.45, 7) is 6.25. The van der Waals surface area contributed by atoms with Crippen molar-refractivity contribution >= 4 is 0 Å². The molecule has 3 heteroatoms. The van der Waals surface area contributed by atoms with Crippen LogP contribution in [-0.2, 0) is 0 Å². The van der Waals surface area contributed by atoms with Crippen LogP contribution in [0.4, 0.5) is 0 Å². The lowest BCUT2D eigenvalue weighted by atomic mass is 9.93. The Labute approximate surface area is 80.1 Å². The topological polar surface area (TPSA) is 35.5 Å². The quantitative estimate of drug-likeness (QED) is 0.636. The Morgan fingerprint density at radius 1 is 1.54 bits per heavy atom. The van der Waals surface area contributed by atoms with Crippen LogP contribution in [0.15, 0.2) is 0 Å². The third-order valence-corrected chi connectivity index (χ3v) is 3.26. The van der Waals surface area contributed by atoms with Crippen LogP contribution in [-0.4, -0.2) is 48.3 Å². The molecule has 2 aliphatic heterocycles. The summed E-state index contributed by atoms with van der Waals surface area (Å²) in [6, 6.07) is 0.769. The molecule has 2 N–H and O–H groups in total. The van der Waals surface area contributed by atoms with Gasteiger partial charge in [-0.3, -0.25) is 0 Å². The van der Waals surface area contributed by atoms with E-state index in [2.05, 4.69) is 10.2 Å². The minimum Gasteiger partial charge on any atom is -0.392 e. The van der Waals surface area contributed by atoms with Crippen LogP contribution in [0.1, 0.15) is 19.8 Å². The van der Waals surface area contributed by atoms with E-state index in [9.17, 15) is 5.11 Å². The van der Waals surface area contributed by atoms with Crippen molar-refractivity contribution in [2.24, 2.45) is 5.92 Å². The number of rotatable bonds is 2. The zero-order chi connectivity index (χ0) is 9.26. The highest BCUT2D eigenvalue weighted by atomic mass is 16.3. The first-order valence-electron chi connectivity index (χ1n) is 5.39. The second-order valence-electron chi connectivity index (χ2n) is 4.51. The molecule has 0 amide bonds. The van der Waals surface area contributed by atoms with Gasteiger partial charge in [0.25, 0.3) is 0 Å². The van der Waals surface area contributed by atoms with Crippen LogP contribution in [0.3, 0.4) is 0 Å². The maximum absolute atomic E-state index is 9.29. The summed E-state index contributed by atoms with van der Waals surface area (Å²) in [5, 5.41) is 12.8. The molecular weight excluding hydrogens is 164 g/mol. The molecule has 2 fully saturated rings. The second-order valence-corrected chi connectivity index (χ2v) is 4.51. The van der Waals surface area contributed by atoms with E-state index in [1.165, 1.54) is 25.9 Å². The number of nitrogens with one attached hydrogen (secondary N) is 1. The zero-order valence-electron chi connectivity index (χ0n) is 8.37. The van der Waals surface area contributed by atoms with Gasteiger partial charge in [0, 0.05) is 19.1 Å². The number of fused-ring (bicyclic) bond motifs is 1. The van der Waals surface area contributed by atoms with Crippen molar-refractivity contribution in [1.82, 2.24) is 10.2 Å². The van der Waals surface area contributed by atoms with E-state index in [1.807, 2.05) is 6.92 Å². The monoisotopic (exact) mass is 184 g/mol. The highest BCUT2D eigenvalue weighted by molar-refractivity contribution is 4.90. The lowest BCUT2D eigenvalue weighted by molar-refractivity contribution is 0.0904. The molecule has 0 aliphatic carbocycles. The number of hydrogen-bond donors (Lipinski definition) is 2. The van der Waals surface area contributed by atoms with Gasteiger partial charge in [0.1, 0.15) is 0 Å². The normalized spacial score (nSPS) is 37.4. The zero-order valence-corrected chi connectivity index (χ0v) is 8.37. The van der Waals surface area contributed by atoms with E-state index in [0.29, 0.717) is 0 Å². The Hall–Kier alpha value is -0.120. The Bertz CT molecular complexity index is 172. The molecular formula is C10H20N2O. The molecule has 0 aromatic rings. The number of likely N-dealkylation sites (tertiary alicyclic amines) is 1. The SMILES string of the molecule is CC(O)CN1CCC2NCCC2C1. The van der Waals surface area contributed by atoms with Crippen LogP contribution in [0.5, 0.6) is 0 Å². The number of piperidine rings is 1. The molecule has 0 spiro atoms. The number of β-amino-alcohol motifs (C(OH)–C–C–N with tert-alkyl or cyclic N) is 1. The van der Waals surface area contributed by atoms with Crippen LogP contribution in [0.25, 0.3) is 0 Å². The summed E-state index contributed by atoms with van der Waals surface area (Å²) in [6.07, 6.45) is 2.41. The second kappa shape index (κ2) is 3.95. The summed E-state index contributed by atoms with van der Waals surface area (Å²) in [5.74, 6) is 0.840. The Morgan fingerprint density at radius 2 is 2.38 bits per heavy atom. The van der Waals surface area contributed by atoms with Crippen molar-refractivity contribution in [2.45, 2.75) is 31.9 Å². The fraction of sp³-hybridized carbons (Fsp3) is 1.00. The van der Waals surface area contributed by atoms with Crippen LogP contribution < -0.4 is 5.32 Å². The molecule has 0 bridgehead atoms. The molecule has 13 heavy (non-hydrogen) atoms. The van der Waals surface area contributed by atoms with E-state index in [1.54, 1.807) is 0 Å². The number of aliphatic hydroxyl groups is 1. The maximum Gasteiger partial charge on any atom is 0.0639 e. The molecule has 2 saturated heterocycles. The summed E-state index contributed by atoms with van der Waals surface area (Å²) in [7, 11) is 0. The smallest absolute Gasteiger partial charge is 0.0639 e. The van der Waals surface area contributed by atoms with Crippen molar-refractivity contribution in [3.8, 4) is 0 Å². The molecule has 0 radical (unpaired) electrons. The van der Waals surface area contributed by atoms with Gasteiger partial charge in [-0.1, -0.05) is 0 Å². The minimum absolute atomic E-state index is 0.175. The first-order chi connectivity index (χ1) is 6.25. The summed E-state index contributed by atoms with van der Waals surface area (Å²) >= 11 is 0. The first kappa shape index (κ1) is 9.44. The fourth-order valence-corrected chi connectivity index (χ4v) is 2.66. The molecule has 2 heterocycles. The maximum atomic E-state index is 9.29. The van der Waals surface area contributed by atoms with Gasteiger partial charge in [-0.25, -0.2) is 0 Å². The largest absolute Gasteiger partial charge is 0.392 e. The lowest BCUT2D eigenvalue weighted by Crippen LogP contribution is -2.46. The minimum atomic E-state index is -0.175. The summed E-state index contributed by atoms with van der Waals surface area (Å²) < 4.78 is 0. The highest BCUT2D eigenvalue weighted by Gasteiger charge is 2.32. The molecule has 0 saturated carbocycles. The highest BCUT2D eigenvalue weighted by Crippen LogP contribution is 2.24. The van der Waals surface area contributed by atoms with E-state index in [-0.39, 0.29) is 6.10 Å². The predicted octanol–water partition coefficient (Wildman–Crippen LogP) is 0.0510. The third kappa shape index (κ3) is 2.22. The van der Waals surface area contributed by atoms with Gasteiger partial charge in [-0.15, -0.1) is 0 Å². The van der Waals surface area contributed by atoms with Crippen molar-refractivity contribution in [2.75, 3.05) is 26.2 Å². The van der Waals surface area contributed by atoms with E-state index in [0.717, 1.165) is 25.0 Å². The standard InChI is InChI=1S/C10H20N2O/c1-8(13)6-12-5-3-10-9(7-12)2-4-11-10/h8-11,13H,2-7H2,1H3. The first-order valence-corrected chi connectivity index (χ1v) is 5.39.